The third-order valence-electron chi connectivity index (χ3n) is 9.23. The molecular formula is C32H36N4O4S. The number of nitrogens with one attached hydrogen (secondary N) is 2. The highest BCUT2D eigenvalue weighted by Gasteiger charge is 2.66. The number of carbonyl (C=O) groups excluding carboxylic acids is 3. The Morgan fingerprint density at radius 1 is 1.00 bits per heavy atom. The Morgan fingerprint density at radius 2 is 1.73 bits per heavy atom. The summed E-state index contributed by atoms with van der Waals surface area (Å²) in [6.07, 6.45) is 4.97. The average molecular weight is 573 g/mol. The Kier molecular flexibility index (Phi) is 7.49. The number of amides is 2. The molecular weight excluding hydrogens is 536 g/mol. The zero-order valence-corrected chi connectivity index (χ0v) is 24.3. The van der Waals surface area contributed by atoms with Gasteiger partial charge >= 0.3 is 0 Å². The molecule has 1 heterocycles. The van der Waals surface area contributed by atoms with Crippen LogP contribution in [0.4, 0.5) is 0 Å². The Labute approximate surface area is 244 Å². The van der Waals surface area contributed by atoms with Crippen LogP contribution < -0.4 is 10.6 Å². The first-order chi connectivity index (χ1) is 19.8. The van der Waals surface area contributed by atoms with Crippen LogP contribution in [0.2, 0.25) is 0 Å². The molecule has 214 valence electrons. The highest BCUT2D eigenvalue weighted by atomic mass is 32.2. The van der Waals surface area contributed by atoms with Crippen molar-refractivity contribution in [1.82, 2.24) is 20.8 Å². The first kappa shape index (κ1) is 27.7. The topological polar surface area (TPSA) is 114 Å². The van der Waals surface area contributed by atoms with Gasteiger partial charge in [0.05, 0.1) is 0 Å². The summed E-state index contributed by atoms with van der Waals surface area (Å²) < 4.78 is 5.80. The Balaban J connectivity index is 1.15. The van der Waals surface area contributed by atoms with Crippen LogP contribution >= 0.6 is 11.8 Å². The number of hydrogen-bond donors (Lipinski definition) is 2. The van der Waals surface area contributed by atoms with Gasteiger partial charge in [0.1, 0.15) is 5.54 Å². The summed E-state index contributed by atoms with van der Waals surface area (Å²) in [5.74, 6) is 0.0276. The molecule has 5 atom stereocenters. The van der Waals surface area contributed by atoms with Gasteiger partial charge in [-0.25, -0.2) is 0 Å². The van der Waals surface area contributed by atoms with E-state index in [0.717, 1.165) is 37.7 Å². The smallest absolute Gasteiger partial charge is 0.287 e. The molecule has 2 amide bonds. The molecule has 1 spiro atoms. The zero-order chi connectivity index (χ0) is 28.6. The third kappa shape index (κ3) is 5.44. The highest BCUT2D eigenvalue weighted by molar-refractivity contribution is 7.98. The normalized spacial score (nSPS) is 28.3. The fourth-order valence-corrected chi connectivity index (χ4v) is 7.52. The van der Waals surface area contributed by atoms with E-state index in [0.29, 0.717) is 23.0 Å². The van der Waals surface area contributed by atoms with Gasteiger partial charge in [0.2, 0.25) is 11.7 Å². The second-order valence-corrected chi connectivity index (χ2v) is 13.0. The van der Waals surface area contributed by atoms with E-state index >= 15 is 0 Å². The van der Waals surface area contributed by atoms with E-state index in [1.54, 1.807) is 12.1 Å². The molecule has 3 aliphatic carbocycles. The highest BCUT2D eigenvalue weighted by Crippen LogP contribution is 2.60. The van der Waals surface area contributed by atoms with E-state index in [9.17, 15) is 14.4 Å². The Bertz CT molecular complexity index is 1430. The molecule has 0 aliphatic heterocycles. The number of ketones is 1. The first-order valence-electron chi connectivity index (χ1n) is 14.6. The molecule has 2 N–H and O–H groups in total. The van der Waals surface area contributed by atoms with Gasteiger partial charge < -0.3 is 15.1 Å². The van der Waals surface area contributed by atoms with Crippen molar-refractivity contribution >= 4 is 29.4 Å². The lowest BCUT2D eigenvalue weighted by molar-refractivity contribution is -0.129. The van der Waals surface area contributed by atoms with Gasteiger partial charge in [0.25, 0.3) is 17.0 Å². The van der Waals surface area contributed by atoms with Gasteiger partial charge in [-0.15, -0.1) is 10.2 Å². The maximum absolute atomic E-state index is 13.9. The molecule has 9 heteroatoms. The second kappa shape index (κ2) is 11.1. The van der Waals surface area contributed by atoms with E-state index in [1.807, 2.05) is 48.5 Å². The molecule has 1 aromatic heterocycles. The number of carbonyl (C=O) groups is 3. The van der Waals surface area contributed by atoms with Crippen LogP contribution in [0.15, 0.2) is 70.3 Å². The fraction of sp³-hybridized carbons (Fsp3) is 0.469. The third-order valence-corrected chi connectivity index (χ3v) is 10.1. The molecule has 8 nitrogen and oxygen atoms in total. The number of thioether (sulfide) groups is 1. The molecule has 41 heavy (non-hydrogen) atoms. The summed E-state index contributed by atoms with van der Waals surface area (Å²) in [4.78, 5) is 40.6. The van der Waals surface area contributed by atoms with Crippen molar-refractivity contribution in [2.45, 2.75) is 74.9 Å². The van der Waals surface area contributed by atoms with E-state index in [1.165, 1.54) is 11.8 Å². The second-order valence-electron chi connectivity index (χ2n) is 12.1. The van der Waals surface area contributed by atoms with Crippen LogP contribution in [-0.4, -0.2) is 39.4 Å². The zero-order valence-electron chi connectivity index (χ0n) is 23.5. The van der Waals surface area contributed by atoms with Crippen molar-refractivity contribution in [3.63, 3.8) is 0 Å². The maximum atomic E-state index is 13.9. The minimum absolute atomic E-state index is 0.00130. The van der Waals surface area contributed by atoms with Crippen molar-refractivity contribution in [2.24, 2.45) is 23.2 Å². The van der Waals surface area contributed by atoms with E-state index < -0.39 is 5.54 Å². The van der Waals surface area contributed by atoms with Gasteiger partial charge in [-0.3, -0.25) is 14.4 Å². The van der Waals surface area contributed by atoms with Gasteiger partial charge in [-0.05, 0) is 55.2 Å². The summed E-state index contributed by atoms with van der Waals surface area (Å²) in [6, 6.07) is 19.1. The summed E-state index contributed by atoms with van der Waals surface area (Å²) >= 11 is 1.38. The summed E-state index contributed by atoms with van der Waals surface area (Å²) in [6.45, 7) is 4.14. The molecule has 0 saturated heterocycles. The summed E-state index contributed by atoms with van der Waals surface area (Å²) in [5.41, 5.74) is 0.448. The molecule has 0 radical (unpaired) electrons. The molecule has 2 aromatic carbocycles. The van der Waals surface area contributed by atoms with Crippen molar-refractivity contribution in [3.8, 4) is 0 Å². The van der Waals surface area contributed by atoms with Crippen LogP contribution in [0.25, 0.3) is 0 Å². The molecule has 1 unspecified atom stereocenters. The number of Topliss-reactive ketones (excluding diaryl/α,β-unsaturated/α-hetero) is 1. The van der Waals surface area contributed by atoms with Crippen molar-refractivity contribution in [1.29, 1.82) is 0 Å². The van der Waals surface area contributed by atoms with Crippen molar-refractivity contribution < 1.29 is 18.8 Å². The molecule has 3 aliphatic rings. The number of rotatable bonds is 10. The van der Waals surface area contributed by atoms with Crippen LogP contribution in [0, 0.1) is 23.2 Å². The van der Waals surface area contributed by atoms with Crippen LogP contribution in [0.1, 0.15) is 79.0 Å². The van der Waals surface area contributed by atoms with Crippen molar-refractivity contribution in [2.75, 3.05) is 0 Å². The number of aromatic nitrogens is 2. The van der Waals surface area contributed by atoms with E-state index in [2.05, 4.69) is 34.7 Å². The SMILES string of the molecule is CC(C)[C@@H]1C[C@]1(NC(=O)[C@@H]1CCCCC12C[C@H]2NC(=O)c1ccccc1)C(=O)c1nnc(SCc2ccccc2)o1. The van der Waals surface area contributed by atoms with Crippen molar-refractivity contribution in [3.05, 3.63) is 77.7 Å². The van der Waals surface area contributed by atoms with Gasteiger partial charge in [0.15, 0.2) is 0 Å². The van der Waals surface area contributed by atoms with Gasteiger partial charge in [-0.2, -0.15) is 0 Å². The first-order valence-corrected chi connectivity index (χ1v) is 15.5. The average Bonchev–Trinajstić information content (AvgIpc) is 3.82. The standard InChI is InChI=1S/C32H36N4O4S/c1-20(2)24-17-32(24,26(37)29-35-36-30(40-29)41-19-21-11-5-3-6-12-21)34-28(39)23-15-9-10-16-31(23)18-25(31)33-27(38)22-13-7-4-8-14-22/h3-8,11-14,20,23-25H,9-10,15-19H2,1-2H3,(H,33,38)(H,34,39)/t23-,24-,25+,31?,32+/m0/s1. The Hall–Kier alpha value is -3.46. The Morgan fingerprint density at radius 3 is 2.44 bits per heavy atom. The largest absolute Gasteiger partial charge is 0.408 e. The lowest BCUT2D eigenvalue weighted by Gasteiger charge is -2.33. The van der Waals surface area contributed by atoms with E-state index in [4.69, 9.17) is 4.42 Å². The minimum Gasteiger partial charge on any atom is -0.408 e. The summed E-state index contributed by atoms with van der Waals surface area (Å²) in [7, 11) is 0. The number of hydrogen-bond acceptors (Lipinski definition) is 7. The molecule has 3 aromatic rings. The minimum atomic E-state index is -1.03. The molecule has 6 rings (SSSR count). The van der Waals surface area contributed by atoms with Gasteiger partial charge in [0, 0.05) is 28.7 Å². The lowest BCUT2D eigenvalue weighted by atomic mass is 9.75. The summed E-state index contributed by atoms with van der Waals surface area (Å²) in [5, 5.41) is 14.9. The molecule has 0 bridgehead atoms. The van der Waals surface area contributed by atoms with Crippen LogP contribution in [0.5, 0.6) is 0 Å². The monoisotopic (exact) mass is 572 g/mol. The number of nitrogens with zero attached hydrogens (tertiary/aromatic N) is 2. The van der Waals surface area contributed by atoms with Gasteiger partial charge in [-0.1, -0.05) is 87.0 Å². The predicted molar refractivity (Wildman–Crippen MR) is 155 cm³/mol. The lowest BCUT2D eigenvalue weighted by Crippen LogP contribution is -2.51. The van der Waals surface area contributed by atoms with Crippen LogP contribution in [0.3, 0.4) is 0 Å². The predicted octanol–water partition coefficient (Wildman–Crippen LogP) is 5.45. The quantitative estimate of drug-likeness (QED) is 0.245. The van der Waals surface area contributed by atoms with E-state index in [-0.39, 0.29) is 52.7 Å². The number of benzene rings is 2. The fourth-order valence-electron chi connectivity index (χ4n) is 6.80. The molecule has 3 saturated carbocycles. The van der Waals surface area contributed by atoms with Crippen LogP contribution in [-0.2, 0) is 10.5 Å². The maximum Gasteiger partial charge on any atom is 0.287 e. The molecule has 3 fully saturated rings.